The minimum atomic E-state index is 0. The number of aromatic hydroxyl groups is 1. The Bertz CT molecular complexity index is 567. The van der Waals surface area contributed by atoms with E-state index >= 15 is 0 Å². The SMILES string of the molecule is CCNC(=NCc1cccc(OC)c1O)N1CCSC(C)(C)C1.I. The van der Waals surface area contributed by atoms with Gasteiger partial charge in [-0.2, -0.15) is 11.8 Å². The fraction of sp³-hybridized carbons (Fsp3) is 0.588. The smallest absolute Gasteiger partial charge is 0.194 e. The first-order chi connectivity index (χ1) is 11.0. The van der Waals surface area contributed by atoms with Crippen molar-refractivity contribution in [2.75, 3.05) is 32.5 Å². The standard InChI is InChI=1S/C17H27N3O2S.HI/c1-5-18-16(20-9-10-23-17(2,3)12-20)19-11-13-7-6-8-14(22-4)15(13)21;/h6-8,21H,5,9-12H2,1-4H3,(H,18,19);1H. The van der Waals surface area contributed by atoms with E-state index in [4.69, 9.17) is 9.73 Å². The van der Waals surface area contributed by atoms with Crippen LogP contribution in [0.25, 0.3) is 0 Å². The average Bonchev–Trinajstić information content (AvgIpc) is 2.51. The van der Waals surface area contributed by atoms with Gasteiger partial charge in [0.25, 0.3) is 0 Å². The molecule has 1 aliphatic rings. The van der Waals surface area contributed by atoms with E-state index < -0.39 is 0 Å². The number of aliphatic imine (C=N–C) groups is 1. The Morgan fingerprint density at radius 3 is 2.83 bits per heavy atom. The lowest BCUT2D eigenvalue weighted by Crippen LogP contribution is -2.50. The van der Waals surface area contributed by atoms with Crippen LogP contribution in [-0.2, 0) is 6.54 Å². The van der Waals surface area contributed by atoms with Gasteiger partial charge in [-0.05, 0) is 26.8 Å². The van der Waals surface area contributed by atoms with Crippen LogP contribution in [0, 0.1) is 0 Å². The summed E-state index contributed by atoms with van der Waals surface area (Å²) in [5.41, 5.74) is 0.769. The van der Waals surface area contributed by atoms with Crippen LogP contribution in [0.15, 0.2) is 23.2 Å². The third-order valence-electron chi connectivity index (χ3n) is 3.76. The van der Waals surface area contributed by atoms with Crippen LogP contribution in [0.2, 0.25) is 0 Å². The lowest BCUT2D eigenvalue weighted by Gasteiger charge is -2.39. The van der Waals surface area contributed by atoms with Crippen molar-refractivity contribution in [2.24, 2.45) is 4.99 Å². The van der Waals surface area contributed by atoms with Gasteiger partial charge in [-0.25, -0.2) is 4.99 Å². The van der Waals surface area contributed by atoms with Gasteiger partial charge in [-0.1, -0.05) is 12.1 Å². The molecule has 1 aromatic carbocycles. The highest BCUT2D eigenvalue weighted by molar-refractivity contribution is 14.0. The number of para-hydroxylation sites is 1. The first-order valence-electron chi connectivity index (χ1n) is 7.99. The van der Waals surface area contributed by atoms with Crippen molar-refractivity contribution in [2.45, 2.75) is 32.1 Å². The molecule has 24 heavy (non-hydrogen) atoms. The zero-order valence-electron chi connectivity index (χ0n) is 14.8. The molecule has 1 fully saturated rings. The summed E-state index contributed by atoms with van der Waals surface area (Å²) >= 11 is 2.00. The van der Waals surface area contributed by atoms with Crippen molar-refractivity contribution in [1.82, 2.24) is 10.2 Å². The number of methoxy groups -OCH3 is 1. The van der Waals surface area contributed by atoms with E-state index in [9.17, 15) is 5.11 Å². The maximum absolute atomic E-state index is 10.2. The molecule has 1 saturated heterocycles. The van der Waals surface area contributed by atoms with Crippen molar-refractivity contribution in [3.63, 3.8) is 0 Å². The van der Waals surface area contributed by atoms with E-state index in [-0.39, 0.29) is 34.5 Å². The minimum absolute atomic E-state index is 0. The summed E-state index contributed by atoms with van der Waals surface area (Å²) in [5.74, 6) is 2.66. The van der Waals surface area contributed by atoms with Crippen molar-refractivity contribution in [3.05, 3.63) is 23.8 Å². The molecular formula is C17H28IN3O2S. The Kier molecular flexibility index (Phi) is 8.49. The van der Waals surface area contributed by atoms with Crippen molar-refractivity contribution < 1.29 is 9.84 Å². The van der Waals surface area contributed by atoms with E-state index in [1.807, 2.05) is 23.9 Å². The maximum atomic E-state index is 10.2. The van der Waals surface area contributed by atoms with Crippen molar-refractivity contribution in [3.8, 4) is 11.5 Å². The van der Waals surface area contributed by atoms with Gasteiger partial charge in [0.05, 0.1) is 13.7 Å². The number of phenols is 1. The number of benzene rings is 1. The van der Waals surface area contributed by atoms with Crippen LogP contribution >= 0.6 is 35.7 Å². The number of phenolic OH excluding ortho intramolecular Hbond substituents is 1. The second-order valence-corrected chi connectivity index (χ2v) is 7.97. The van der Waals surface area contributed by atoms with Gasteiger partial charge < -0.3 is 20.1 Å². The van der Waals surface area contributed by atoms with Crippen molar-refractivity contribution in [1.29, 1.82) is 0 Å². The molecule has 0 aliphatic carbocycles. The van der Waals surface area contributed by atoms with Gasteiger partial charge in [-0.15, -0.1) is 24.0 Å². The number of nitrogens with one attached hydrogen (secondary N) is 1. The van der Waals surface area contributed by atoms with Gasteiger partial charge >= 0.3 is 0 Å². The Hall–Kier alpha value is -0.830. The zero-order chi connectivity index (χ0) is 16.9. The minimum Gasteiger partial charge on any atom is -0.504 e. The van der Waals surface area contributed by atoms with Gasteiger partial charge in [0.15, 0.2) is 17.5 Å². The molecule has 7 heteroatoms. The molecule has 0 aromatic heterocycles. The van der Waals surface area contributed by atoms with Crippen LogP contribution < -0.4 is 10.1 Å². The fourth-order valence-electron chi connectivity index (χ4n) is 2.64. The van der Waals surface area contributed by atoms with Crippen LogP contribution in [0.4, 0.5) is 0 Å². The normalized spacial score (nSPS) is 17.2. The Morgan fingerprint density at radius 1 is 1.46 bits per heavy atom. The molecule has 0 radical (unpaired) electrons. The summed E-state index contributed by atoms with van der Waals surface area (Å²) in [6.45, 7) is 9.81. The maximum Gasteiger partial charge on any atom is 0.194 e. The number of rotatable bonds is 4. The molecule has 5 nitrogen and oxygen atoms in total. The van der Waals surface area contributed by atoms with Gasteiger partial charge in [0.1, 0.15) is 0 Å². The second-order valence-electron chi connectivity index (χ2n) is 6.17. The molecule has 1 aromatic rings. The van der Waals surface area contributed by atoms with E-state index in [1.54, 1.807) is 13.2 Å². The molecule has 2 N–H and O–H groups in total. The fourth-order valence-corrected chi connectivity index (χ4v) is 3.75. The highest BCUT2D eigenvalue weighted by Crippen LogP contribution is 2.31. The number of halogens is 1. The Labute approximate surface area is 166 Å². The average molecular weight is 465 g/mol. The third kappa shape index (κ3) is 5.61. The lowest BCUT2D eigenvalue weighted by molar-refractivity contribution is 0.369. The summed E-state index contributed by atoms with van der Waals surface area (Å²) in [6.07, 6.45) is 0. The molecule has 2 rings (SSSR count). The molecule has 0 spiro atoms. The van der Waals surface area contributed by atoms with E-state index in [2.05, 4.69) is 31.0 Å². The first kappa shape index (κ1) is 21.2. The molecule has 1 heterocycles. The molecular weight excluding hydrogens is 437 g/mol. The Morgan fingerprint density at radius 2 is 2.21 bits per heavy atom. The summed E-state index contributed by atoms with van der Waals surface area (Å²) in [4.78, 5) is 7.02. The third-order valence-corrected chi connectivity index (χ3v) is 5.06. The highest BCUT2D eigenvalue weighted by Gasteiger charge is 2.28. The largest absolute Gasteiger partial charge is 0.504 e. The molecule has 0 bridgehead atoms. The monoisotopic (exact) mass is 465 g/mol. The topological polar surface area (TPSA) is 57.1 Å². The number of thioether (sulfide) groups is 1. The molecule has 136 valence electrons. The quantitative estimate of drug-likeness (QED) is 0.406. The lowest BCUT2D eigenvalue weighted by atomic mass is 10.2. The van der Waals surface area contributed by atoms with Crippen LogP contribution in [0.5, 0.6) is 11.5 Å². The summed E-state index contributed by atoms with van der Waals surface area (Å²) in [6, 6.07) is 5.50. The molecule has 1 aliphatic heterocycles. The van der Waals surface area contributed by atoms with Crippen LogP contribution in [0.1, 0.15) is 26.3 Å². The molecule has 0 atom stereocenters. The first-order valence-corrected chi connectivity index (χ1v) is 8.97. The zero-order valence-corrected chi connectivity index (χ0v) is 18.0. The predicted molar refractivity (Wildman–Crippen MR) is 113 cm³/mol. The van der Waals surface area contributed by atoms with E-state index in [0.717, 1.165) is 36.9 Å². The van der Waals surface area contributed by atoms with Crippen molar-refractivity contribution >= 4 is 41.7 Å². The molecule has 0 amide bonds. The number of hydrogen-bond donors (Lipinski definition) is 2. The number of nitrogens with zero attached hydrogens (tertiary/aromatic N) is 2. The predicted octanol–water partition coefficient (Wildman–Crippen LogP) is 3.31. The number of hydrogen-bond acceptors (Lipinski definition) is 4. The summed E-state index contributed by atoms with van der Waals surface area (Å²) in [5, 5.41) is 13.6. The van der Waals surface area contributed by atoms with E-state index in [0.29, 0.717) is 12.3 Å². The van der Waals surface area contributed by atoms with Crippen LogP contribution in [-0.4, -0.2) is 53.2 Å². The second kappa shape index (κ2) is 9.60. The van der Waals surface area contributed by atoms with Gasteiger partial charge in [-0.3, -0.25) is 0 Å². The highest BCUT2D eigenvalue weighted by atomic mass is 127. The number of guanidine groups is 1. The Balaban J connectivity index is 0.00000288. The van der Waals surface area contributed by atoms with Crippen LogP contribution in [0.3, 0.4) is 0 Å². The van der Waals surface area contributed by atoms with Gasteiger partial charge in [0.2, 0.25) is 0 Å². The number of ether oxygens (including phenoxy) is 1. The van der Waals surface area contributed by atoms with E-state index in [1.165, 1.54) is 0 Å². The van der Waals surface area contributed by atoms with Gasteiger partial charge in [0, 0.05) is 35.7 Å². The molecule has 0 unspecified atom stereocenters. The summed E-state index contributed by atoms with van der Waals surface area (Å²) < 4.78 is 5.39. The summed E-state index contributed by atoms with van der Waals surface area (Å²) in [7, 11) is 1.56. The molecule has 0 saturated carbocycles.